The van der Waals surface area contributed by atoms with Crippen LogP contribution in [0.25, 0.3) is 0 Å². The van der Waals surface area contributed by atoms with Crippen LogP contribution >= 0.6 is 0 Å². The molecule has 0 aromatic heterocycles. The minimum absolute atomic E-state index is 0.0677. The largest absolute Gasteiger partial charge is 0.395 e. The third-order valence-corrected chi connectivity index (χ3v) is 1.76. The standard InChI is InChI=1S/C8H11N3O4/c12-3-1-11(2-4-13)8(15)6-5-7(14)10-9-6/h5,12-13H,1-4H2. The Bertz CT molecular complexity index is 318. The molecule has 7 nitrogen and oxygen atoms in total. The van der Waals surface area contributed by atoms with Gasteiger partial charge in [-0.05, 0) is 0 Å². The van der Waals surface area contributed by atoms with E-state index < -0.39 is 11.8 Å². The summed E-state index contributed by atoms with van der Waals surface area (Å²) in [6.07, 6.45) is 1.02. The molecular formula is C8H11N3O4. The molecule has 1 rings (SSSR count). The Morgan fingerprint density at radius 3 is 2.27 bits per heavy atom. The monoisotopic (exact) mass is 213 g/mol. The molecule has 0 saturated carbocycles. The number of amides is 2. The molecular weight excluding hydrogens is 202 g/mol. The molecule has 0 aromatic carbocycles. The number of nitrogens with zero attached hydrogens (tertiary/aromatic N) is 3. The van der Waals surface area contributed by atoms with Crippen molar-refractivity contribution >= 4 is 11.8 Å². The van der Waals surface area contributed by atoms with Crippen LogP contribution in [-0.2, 0) is 9.59 Å². The van der Waals surface area contributed by atoms with Crippen molar-refractivity contribution in [1.29, 1.82) is 0 Å². The van der Waals surface area contributed by atoms with E-state index in [4.69, 9.17) is 10.2 Å². The SMILES string of the molecule is O=C1C=C(C(=O)N(CCO)CCO)N=N1. The normalized spacial score (nSPS) is 14.3. The van der Waals surface area contributed by atoms with Crippen LogP contribution in [0.3, 0.4) is 0 Å². The topological polar surface area (TPSA) is 103 Å². The molecule has 0 bridgehead atoms. The van der Waals surface area contributed by atoms with Crippen molar-refractivity contribution in [2.45, 2.75) is 0 Å². The maximum Gasteiger partial charge on any atom is 0.290 e. The van der Waals surface area contributed by atoms with Crippen molar-refractivity contribution in [1.82, 2.24) is 4.90 Å². The molecule has 1 heterocycles. The minimum Gasteiger partial charge on any atom is -0.395 e. The highest BCUT2D eigenvalue weighted by Crippen LogP contribution is 2.10. The van der Waals surface area contributed by atoms with Crippen LogP contribution in [-0.4, -0.2) is 53.2 Å². The maximum atomic E-state index is 11.6. The summed E-state index contributed by atoms with van der Waals surface area (Å²) in [5.74, 6) is -1.10. The van der Waals surface area contributed by atoms with Gasteiger partial charge in [-0.3, -0.25) is 9.59 Å². The molecule has 0 unspecified atom stereocenters. The predicted molar refractivity (Wildman–Crippen MR) is 48.7 cm³/mol. The van der Waals surface area contributed by atoms with Gasteiger partial charge in [0.25, 0.3) is 11.8 Å². The van der Waals surface area contributed by atoms with Gasteiger partial charge in [-0.2, -0.15) is 0 Å². The number of hydrogen-bond donors (Lipinski definition) is 2. The molecule has 0 fully saturated rings. The first-order chi connectivity index (χ1) is 7.19. The highest BCUT2D eigenvalue weighted by atomic mass is 16.3. The molecule has 82 valence electrons. The summed E-state index contributed by atoms with van der Waals surface area (Å²) in [6, 6.07) is 0. The van der Waals surface area contributed by atoms with E-state index in [9.17, 15) is 9.59 Å². The van der Waals surface area contributed by atoms with Crippen molar-refractivity contribution < 1.29 is 19.8 Å². The summed E-state index contributed by atoms with van der Waals surface area (Å²) in [7, 11) is 0. The molecule has 0 aromatic rings. The van der Waals surface area contributed by atoms with E-state index in [2.05, 4.69) is 10.2 Å². The summed E-state index contributed by atoms with van der Waals surface area (Å²) >= 11 is 0. The van der Waals surface area contributed by atoms with Crippen LogP contribution in [0.4, 0.5) is 0 Å². The second-order valence-corrected chi connectivity index (χ2v) is 2.81. The average Bonchev–Trinajstić information content (AvgIpc) is 2.63. The third kappa shape index (κ3) is 2.93. The summed E-state index contributed by atoms with van der Waals surface area (Å²) in [4.78, 5) is 23.5. The Morgan fingerprint density at radius 1 is 1.27 bits per heavy atom. The number of carbonyl (C=O) groups excluding carboxylic acids is 2. The molecule has 0 radical (unpaired) electrons. The van der Waals surface area contributed by atoms with Gasteiger partial charge in [0.2, 0.25) is 0 Å². The van der Waals surface area contributed by atoms with Crippen LogP contribution in [0.15, 0.2) is 22.0 Å². The van der Waals surface area contributed by atoms with Crippen molar-refractivity contribution in [3.8, 4) is 0 Å². The number of aliphatic hydroxyl groups is 2. The highest BCUT2D eigenvalue weighted by Gasteiger charge is 2.21. The van der Waals surface area contributed by atoms with Gasteiger partial charge < -0.3 is 15.1 Å². The first kappa shape index (κ1) is 11.5. The number of azo groups is 1. The van der Waals surface area contributed by atoms with E-state index in [-0.39, 0.29) is 32.0 Å². The molecule has 0 spiro atoms. The number of hydrogen-bond acceptors (Lipinski definition) is 5. The van der Waals surface area contributed by atoms with Gasteiger partial charge in [-0.15, -0.1) is 10.2 Å². The van der Waals surface area contributed by atoms with Gasteiger partial charge >= 0.3 is 0 Å². The molecule has 0 saturated heterocycles. The van der Waals surface area contributed by atoms with Crippen LogP contribution in [0, 0.1) is 0 Å². The zero-order valence-electron chi connectivity index (χ0n) is 7.96. The predicted octanol–water partition coefficient (Wildman–Crippen LogP) is -1.32. The van der Waals surface area contributed by atoms with Crippen molar-refractivity contribution in [3.63, 3.8) is 0 Å². The van der Waals surface area contributed by atoms with E-state index in [1.165, 1.54) is 4.90 Å². The zero-order chi connectivity index (χ0) is 11.3. The molecule has 2 N–H and O–H groups in total. The van der Waals surface area contributed by atoms with Crippen molar-refractivity contribution in [2.24, 2.45) is 10.2 Å². The quantitative estimate of drug-likeness (QED) is 0.591. The first-order valence-electron chi connectivity index (χ1n) is 4.37. The molecule has 7 heteroatoms. The molecule has 2 amide bonds. The zero-order valence-corrected chi connectivity index (χ0v) is 7.96. The lowest BCUT2D eigenvalue weighted by Crippen LogP contribution is -2.36. The molecule has 15 heavy (non-hydrogen) atoms. The van der Waals surface area contributed by atoms with Crippen LogP contribution < -0.4 is 0 Å². The van der Waals surface area contributed by atoms with Gasteiger partial charge in [0, 0.05) is 19.2 Å². The minimum atomic E-state index is -0.578. The Morgan fingerprint density at radius 2 is 1.87 bits per heavy atom. The lowest BCUT2D eigenvalue weighted by molar-refractivity contribution is -0.128. The lowest BCUT2D eigenvalue weighted by atomic mass is 10.3. The number of aliphatic hydroxyl groups excluding tert-OH is 2. The van der Waals surface area contributed by atoms with Gasteiger partial charge in [0.15, 0.2) is 5.70 Å². The Kier molecular flexibility index (Phi) is 4.07. The first-order valence-corrected chi connectivity index (χ1v) is 4.37. The fraction of sp³-hybridized carbons (Fsp3) is 0.500. The average molecular weight is 213 g/mol. The summed E-state index contributed by atoms with van der Waals surface area (Å²) in [5, 5.41) is 23.9. The Labute approximate surface area is 85.7 Å². The third-order valence-electron chi connectivity index (χ3n) is 1.76. The van der Waals surface area contributed by atoms with E-state index in [1.807, 2.05) is 0 Å². The highest BCUT2D eigenvalue weighted by molar-refractivity contribution is 6.03. The van der Waals surface area contributed by atoms with Crippen molar-refractivity contribution in [3.05, 3.63) is 11.8 Å². The van der Waals surface area contributed by atoms with Gasteiger partial charge in [0.1, 0.15) is 0 Å². The fourth-order valence-corrected chi connectivity index (χ4v) is 1.10. The Balaban J connectivity index is 2.68. The molecule has 1 aliphatic heterocycles. The van der Waals surface area contributed by atoms with Gasteiger partial charge in [-0.1, -0.05) is 0 Å². The number of carbonyl (C=O) groups is 2. The summed E-state index contributed by atoms with van der Waals surface area (Å²) in [6.45, 7) is -0.269. The van der Waals surface area contributed by atoms with Crippen LogP contribution in [0.2, 0.25) is 0 Å². The maximum absolute atomic E-state index is 11.6. The van der Waals surface area contributed by atoms with Crippen LogP contribution in [0.5, 0.6) is 0 Å². The number of rotatable bonds is 5. The van der Waals surface area contributed by atoms with Gasteiger partial charge in [0.05, 0.1) is 13.2 Å². The van der Waals surface area contributed by atoms with E-state index in [1.54, 1.807) is 0 Å². The summed E-state index contributed by atoms with van der Waals surface area (Å²) in [5.41, 5.74) is -0.0677. The Hall–Kier alpha value is -1.60. The van der Waals surface area contributed by atoms with Gasteiger partial charge in [-0.25, -0.2) is 0 Å². The van der Waals surface area contributed by atoms with E-state index >= 15 is 0 Å². The summed E-state index contributed by atoms with van der Waals surface area (Å²) < 4.78 is 0. The van der Waals surface area contributed by atoms with Crippen LogP contribution in [0.1, 0.15) is 0 Å². The smallest absolute Gasteiger partial charge is 0.290 e. The van der Waals surface area contributed by atoms with E-state index in [0.29, 0.717) is 0 Å². The van der Waals surface area contributed by atoms with E-state index in [0.717, 1.165) is 6.08 Å². The molecule has 0 aliphatic carbocycles. The lowest BCUT2D eigenvalue weighted by Gasteiger charge is -2.19. The molecule has 1 aliphatic rings. The second kappa shape index (κ2) is 5.32. The van der Waals surface area contributed by atoms with Crippen molar-refractivity contribution in [2.75, 3.05) is 26.3 Å². The molecule has 0 atom stereocenters. The fourth-order valence-electron chi connectivity index (χ4n) is 1.10. The second-order valence-electron chi connectivity index (χ2n) is 2.81.